The van der Waals surface area contributed by atoms with Crippen LogP contribution in [-0.4, -0.2) is 31.9 Å². The first kappa shape index (κ1) is 17.1. The van der Waals surface area contributed by atoms with Crippen LogP contribution >= 0.6 is 0 Å². The molecule has 0 amide bonds. The Hall–Kier alpha value is -2.30. The standard InChI is InChI=1S/C22H26N2O2/c1-15(25-2)21-14-18(26-3)7-8-19(21)20-6-4-5-16-13-17-9-10-23-11-12-24(17)22(16)20/h4-8,13-15,23H,9-12H2,1-3H3. The lowest BCUT2D eigenvalue weighted by molar-refractivity contribution is 0.120. The molecule has 1 aliphatic heterocycles. The lowest BCUT2D eigenvalue weighted by Crippen LogP contribution is -2.17. The van der Waals surface area contributed by atoms with Gasteiger partial charge in [-0.2, -0.15) is 0 Å². The first-order chi connectivity index (χ1) is 12.7. The maximum absolute atomic E-state index is 5.65. The fraction of sp³-hybridized carbons (Fsp3) is 0.364. The van der Waals surface area contributed by atoms with Gasteiger partial charge in [-0.1, -0.05) is 24.3 Å². The molecule has 4 rings (SSSR count). The highest BCUT2D eigenvalue weighted by molar-refractivity contribution is 5.96. The summed E-state index contributed by atoms with van der Waals surface area (Å²) in [5, 5.41) is 4.81. The summed E-state index contributed by atoms with van der Waals surface area (Å²) < 4.78 is 13.6. The molecule has 26 heavy (non-hydrogen) atoms. The molecule has 0 saturated heterocycles. The molecule has 2 aromatic carbocycles. The van der Waals surface area contributed by atoms with Crippen LogP contribution in [0.15, 0.2) is 42.5 Å². The molecule has 0 radical (unpaired) electrons. The van der Waals surface area contributed by atoms with Crippen molar-refractivity contribution in [2.75, 3.05) is 27.3 Å². The summed E-state index contributed by atoms with van der Waals surface area (Å²) in [4.78, 5) is 0. The molecule has 4 nitrogen and oxygen atoms in total. The number of fused-ring (bicyclic) bond motifs is 3. The number of hydrogen-bond acceptors (Lipinski definition) is 3. The van der Waals surface area contributed by atoms with Gasteiger partial charge in [-0.25, -0.2) is 0 Å². The first-order valence-corrected chi connectivity index (χ1v) is 9.26. The monoisotopic (exact) mass is 350 g/mol. The fourth-order valence-electron chi connectivity index (χ4n) is 3.97. The first-order valence-electron chi connectivity index (χ1n) is 9.26. The van der Waals surface area contributed by atoms with Crippen molar-refractivity contribution >= 4 is 10.9 Å². The maximum atomic E-state index is 5.65. The molecule has 3 aromatic rings. The number of ether oxygens (including phenoxy) is 2. The molecule has 1 aromatic heterocycles. The normalized spacial score (nSPS) is 15.5. The number of nitrogens with one attached hydrogen (secondary N) is 1. The third kappa shape index (κ3) is 2.89. The molecule has 1 aliphatic rings. The second-order valence-corrected chi connectivity index (χ2v) is 6.86. The Kier molecular flexibility index (Phi) is 4.70. The van der Waals surface area contributed by atoms with E-state index in [1.165, 1.54) is 27.7 Å². The largest absolute Gasteiger partial charge is 0.497 e. The van der Waals surface area contributed by atoms with Gasteiger partial charge in [0.25, 0.3) is 0 Å². The zero-order chi connectivity index (χ0) is 18.1. The van der Waals surface area contributed by atoms with Crippen LogP contribution in [-0.2, 0) is 17.7 Å². The Balaban J connectivity index is 1.96. The van der Waals surface area contributed by atoms with Crippen molar-refractivity contribution in [2.45, 2.75) is 26.0 Å². The lowest BCUT2D eigenvalue weighted by atomic mass is 9.95. The van der Waals surface area contributed by atoms with E-state index in [1.54, 1.807) is 14.2 Å². The van der Waals surface area contributed by atoms with Gasteiger partial charge in [-0.05, 0) is 36.2 Å². The van der Waals surface area contributed by atoms with Crippen LogP contribution in [0.3, 0.4) is 0 Å². The molecule has 0 saturated carbocycles. The van der Waals surface area contributed by atoms with Crippen molar-refractivity contribution in [3.05, 3.63) is 53.7 Å². The lowest BCUT2D eigenvalue weighted by Gasteiger charge is -2.18. The van der Waals surface area contributed by atoms with Crippen LogP contribution in [0.2, 0.25) is 0 Å². The van der Waals surface area contributed by atoms with Crippen LogP contribution in [0.4, 0.5) is 0 Å². The summed E-state index contributed by atoms with van der Waals surface area (Å²) >= 11 is 0. The van der Waals surface area contributed by atoms with Gasteiger partial charge in [0.05, 0.1) is 18.7 Å². The number of benzene rings is 2. The highest BCUT2D eigenvalue weighted by Gasteiger charge is 2.19. The second-order valence-electron chi connectivity index (χ2n) is 6.86. The molecule has 0 aliphatic carbocycles. The summed E-state index contributed by atoms with van der Waals surface area (Å²) in [5.41, 5.74) is 6.36. The second kappa shape index (κ2) is 7.14. The van der Waals surface area contributed by atoms with Gasteiger partial charge in [0.15, 0.2) is 0 Å². The number of nitrogens with zero attached hydrogens (tertiary/aromatic N) is 1. The van der Waals surface area contributed by atoms with E-state index in [-0.39, 0.29) is 6.10 Å². The molecule has 1 atom stereocenters. The van der Waals surface area contributed by atoms with Crippen molar-refractivity contribution < 1.29 is 9.47 Å². The summed E-state index contributed by atoms with van der Waals surface area (Å²) in [5.74, 6) is 0.859. The number of para-hydroxylation sites is 1. The quantitative estimate of drug-likeness (QED) is 0.767. The van der Waals surface area contributed by atoms with E-state index in [0.29, 0.717) is 0 Å². The molecule has 4 heteroatoms. The summed E-state index contributed by atoms with van der Waals surface area (Å²) in [6, 6.07) is 15.2. The van der Waals surface area contributed by atoms with Crippen LogP contribution in [0.1, 0.15) is 24.3 Å². The van der Waals surface area contributed by atoms with Gasteiger partial charge in [0.2, 0.25) is 0 Å². The number of methoxy groups -OCH3 is 2. The van der Waals surface area contributed by atoms with Gasteiger partial charge in [0, 0.05) is 49.8 Å². The zero-order valence-electron chi connectivity index (χ0n) is 15.7. The van der Waals surface area contributed by atoms with Crippen molar-refractivity contribution in [1.82, 2.24) is 9.88 Å². The third-order valence-electron chi connectivity index (χ3n) is 5.42. The predicted molar refractivity (Wildman–Crippen MR) is 106 cm³/mol. The van der Waals surface area contributed by atoms with Gasteiger partial charge in [0.1, 0.15) is 5.75 Å². The van der Waals surface area contributed by atoms with E-state index in [1.807, 2.05) is 6.07 Å². The van der Waals surface area contributed by atoms with Crippen LogP contribution in [0.25, 0.3) is 22.0 Å². The van der Waals surface area contributed by atoms with Crippen molar-refractivity contribution in [3.63, 3.8) is 0 Å². The van der Waals surface area contributed by atoms with Gasteiger partial charge >= 0.3 is 0 Å². The minimum atomic E-state index is -0.00408. The van der Waals surface area contributed by atoms with Gasteiger partial charge in [-0.3, -0.25) is 0 Å². The summed E-state index contributed by atoms with van der Waals surface area (Å²) in [6.07, 6.45) is 1.06. The van der Waals surface area contributed by atoms with E-state index in [4.69, 9.17) is 9.47 Å². The minimum Gasteiger partial charge on any atom is -0.497 e. The summed E-state index contributed by atoms with van der Waals surface area (Å²) in [7, 11) is 3.46. The number of hydrogen-bond donors (Lipinski definition) is 1. The topological polar surface area (TPSA) is 35.4 Å². The number of aromatic nitrogens is 1. The van der Waals surface area contributed by atoms with E-state index in [2.05, 4.69) is 53.2 Å². The average Bonchev–Trinajstić information content (AvgIpc) is 2.88. The molecule has 2 heterocycles. The molecular formula is C22H26N2O2. The Morgan fingerprint density at radius 3 is 2.73 bits per heavy atom. The van der Waals surface area contributed by atoms with Crippen LogP contribution < -0.4 is 10.1 Å². The van der Waals surface area contributed by atoms with E-state index in [0.717, 1.165) is 37.4 Å². The van der Waals surface area contributed by atoms with Crippen molar-refractivity contribution in [1.29, 1.82) is 0 Å². The average molecular weight is 350 g/mol. The van der Waals surface area contributed by atoms with Gasteiger partial charge < -0.3 is 19.4 Å². The van der Waals surface area contributed by atoms with E-state index >= 15 is 0 Å². The zero-order valence-corrected chi connectivity index (χ0v) is 15.7. The summed E-state index contributed by atoms with van der Waals surface area (Å²) in [6.45, 7) is 5.14. The molecule has 0 spiro atoms. The van der Waals surface area contributed by atoms with Crippen LogP contribution in [0.5, 0.6) is 5.75 Å². The maximum Gasteiger partial charge on any atom is 0.119 e. The van der Waals surface area contributed by atoms with Crippen LogP contribution in [0, 0.1) is 0 Å². The molecule has 0 fully saturated rings. The smallest absolute Gasteiger partial charge is 0.119 e. The number of rotatable bonds is 4. The molecule has 0 bridgehead atoms. The van der Waals surface area contributed by atoms with Crippen molar-refractivity contribution in [3.8, 4) is 16.9 Å². The Bertz CT molecular complexity index is 929. The molecular weight excluding hydrogens is 324 g/mol. The van der Waals surface area contributed by atoms with E-state index < -0.39 is 0 Å². The molecule has 1 N–H and O–H groups in total. The predicted octanol–water partition coefficient (Wildman–Crippen LogP) is 4.17. The Morgan fingerprint density at radius 1 is 1.04 bits per heavy atom. The fourth-order valence-corrected chi connectivity index (χ4v) is 3.97. The van der Waals surface area contributed by atoms with E-state index in [9.17, 15) is 0 Å². The van der Waals surface area contributed by atoms with Crippen molar-refractivity contribution in [2.24, 2.45) is 0 Å². The Morgan fingerprint density at radius 2 is 1.92 bits per heavy atom. The highest BCUT2D eigenvalue weighted by atomic mass is 16.5. The highest BCUT2D eigenvalue weighted by Crippen LogP contribution is 2.37. The molecule has 136 valence electrons. The van der Waals surface area contributed by atoms with Gasteiger partial charge in [-0.15, -0.1) is 0 Å². The third-order valence-corrected chi connectivity index (χ3v) is 5.42. The minimum absolute atomic E-state index is 0.00408. The molecule has 1 unspecified atom stereocenters. The Labute approximate surface area is 154 Å². The SMILES string of the molecule is COc1ccc(-c2cccc3cc4n(c23)CCNCC4)c(C(C)OC)c1.